The van der Waals surface area contributed by atoms with E-state index < -0.39 is 32.5 Å². The lowest BCUT2D eigenvalue weighted by atomic mass is 10.0. The lowest BCUT2D eigenvalue weighted by molar-refractivity contribution is -0.870. The summed E-state index contributed by atoms with van der Waals surface area (Å²) in [6.45, 7) is 4.06. The van der Waals surface area contributed by atoms with Gasteiger partial charge < -0.3 is 27.9 Å². The monoisotopic (exact) mass is 1010 g/mol. The fourth-order valence-electron chi connectivity index (χ4n) is 8.38. The number of ether oxygens (including phenoxy) is 2. The van der Waals surface area contributed by atoms with Gasteiger partial charge in [-0.1, -0.05) is 268 Å². The maximum Gasteiger partial charge on any atom is 0.306 e. The van der Waals surface area contributed by atoms with Crippen LogP contribution < -0.4 is 4.89 Å². The van der Waals surface area contributed by atoms with Gasteiger partial charge in [-0.2, -0.15) is 0 Å². The molecule has 0 saturated heterocycles. The Morgan fingerprint density at radius 3 is 1.19 bits per heavy atom. The third-order valence-electron chi connectivity index (χ3n) is 12.9. The number of likely N-dealkylation sites (N-methyl/N-ethyl adjacent to an activating group) is 1. The van der Waals surface area contributed by atoms with Crippen molar-refractivity contribution in [3.05, 3.63) is 48.6 Å². The molecule has 0 amide bonds. The molecule has 0 N–H and O–H groups in total. The maximum atomic E-state index is 12.7. The Hall–Kier alpha value is -2.03. The van der Waals surface area contributed by atoms with E-state index in [2.05, 4.69) is 50.3 Å². The molecule has 0 heterocycles. The predicted molar refractivity (Wildman–Crippen MR) is 296 cm³/mol. The minimum absolute atomic E-state index is 0.0433. The Morgan fingerprint density at radius 2 is 0.814 bits per heavy atom. The molecule has 0 aliphatic carbocycles. The van der Waals surface area contributed by atoms with Gasteiger partial charge in [0.05, 0.1) is 27.7 Å². The number of allylic oxidation sites excluding steroid dienone is 8. The molecular weight excluding hydrogens is 894 g/mol. The molecule has 0 radical (unpaired) electrons. The average molecular weight is 1010 g/mol. The molecule has 0 aliphatic heterocycles. The van der Waals surface area contributed by atoms with E-state index in [0.29, 0.717) is 17.4 Å². The van der Waals surface area contributed by atoms with Crippen molar-refractivity contribution in [1.82, 2.24) is 0 Å². The minimum Gasteiger partial charge on any atom is -0.756 e. The van der Waals surface area contributed by atoms with E-state index in [4.69, 9.17) is 18.5 Å². The van der Waals surface area contributed by atoms with Gasteiger partial charge in [0.1, 0.15) is 19.8 Å². The summed E-state index contributed by atoms with van der Waals surface area (Å²) in [5.41, 5.74) is 0. The molecule has 0 spiro atoms. The molecule has 0 saturated carbocycles. The number of hydrogen-bond acceptors (Lipinski definition) is 8. The zero-order valence-electron chi connectivity index (χ0n) is 46.5. The second-order valence-corrected chi connectivity index (χ2v) is 22.4. The van der Waals surface area contributed by atoms with Crippen LogP contribution in [0.2, 0.25) is 0 Å². The Balaban J connectivity index is 3.97. The van der Waals surface area contributed by atoms with Crippen LogP contribution in [-0.4, -0.2) is 70.0 Å². The highest BCUT2D eigenvalue weighted by atomic mass is 31.2. The van der Waals surface area contributed by atoms with Crippen molar-refractivity contribution in [2.75, 3.05) is 47.5 Å². The number of carbonyl (C=O) groups excluding carboxylic acids is 2. The first-order valence-electron chi connectivity index (χ1n) is 29.3. The summed E-state index contributed by atoms with van der Waals surface area (Å²) in [5.74, 6) is -0.920. The van der Waals surface area contributed by atoms with Gasteiger partial charge in [0, 0.05) is 12.8 Å². The fourth-order valence-corrected chi connectivity index (χ4v) is 9.11. The van der Waals surface area contributed by atoms with Crippen molar-refractivity contribution < 1.29 is 42.1 Å². The third-order valence-corrected chi connectivity index (χ3v) is 13.8. The first-order chi connectivity index (χ1) is 34.0. The summed E-state index contributed by atoms with van der Waals surface area (Å²) in [7, 11) is 1.13. The third kappa shape index (κ3) is 55.3. The maximum absolute atomic E-state index is 12.7. The molecule has 0 aromatic heterocycles. The van der Waals surface area contributed by atoms with Gasteiger partial charge in [-0.15, -0.1) is 0 Å². The molecule has 2 unspecified atom stereocenters. The van der Waals surface area contributed by atoms with Gasteiger partial charge in [-0.3, -0.25) is 14.2 Å². The number of esters is 2. The summed E-state index contributed by atoms with van der Waals surface area (Å²) in [6, 6.07) is 0. The summed E-state index contributed by atoms with van der Waals surface area (Å²) >= 11 is 0. The Labute approximate surface area is 433 Å². The van der Waals surface area contributed by atoms with E-state index in [-0.39, 0.29) is 26.1 Å². The molecule has 0 bridgehead atoms. The molecule has 70 heavy (non-hydrogen) atoms. The van der Waals surface area contributed by atoms with E-state index in [9.17, 15) is 19.0 Å². The number of phosphoric ester groups is 1. The van der Waals surface area contributed by atoms with Crippen LogP contribution in [0.3, 0.4) is 0 Å². The second kappa shape index (κ2) is 51.9. The average Bonchev–Trinajstić information content (AvgIpc) is 3.32. The first kappa shape index (κ1) is 68.0. The summed E-state index contributed by atoms with van der Waals surface area (Å²) in [5, 5.41) is 0. The van der Waals surface area contributed by atoms with Crippen LogP contribution >= 0.6 is 7.82 Å². The Kier molecular flexibility index (Phi) is 50.4. The lowest BCUT2D eigenvalue weighted by Crippen LogP contribution is -2.37. The van der Waals surface area contributed by atoms with E-state index in [1.165, 1.54) is 193 Å². The zero-order chi connectivity index (χ0) is 51.3. The van der Waals surface area contributed by atoms with Crippen LogP contribution in [0, 0.1) is 0 Å². The number of rotatable bonds is 54. The van der Waals surface area contributed by atoms with Crippen LogP contribution in [0.25, 0.3) is 0 Å². The number of phosphoric acid groups is 1. The highest BCUT2D eigenvalue weighted by Crippen LogP contribution is 2.38. The fraction of sp³-hybridized carbons (Fsp3) is 0.833. The van der Waals surface area contributed by atoms with E-state index in [0.717, 1.165) is 44.9 Å². The molecule has 10 heteroatoms. The number of nitrogens with zero attached hydrogens (tertiary/aromatic N) is 1. The molecule has 0 rings (SSSR count). The molecule has 9 nitrogen and oxygen atoms in total. The van der Waals surface area contributed by atoms with Gasteiger partial charge in [0.15, 0.2) is 6.10 Å². The topological polar surface area (TPSA) is 111 Å². The number of unbranched alkanes of at least 4 members (excludes halogenated alkanes) is 32. The van der Waals surface area contributed by atoms with Gasteiger partial charge >= 0.3 is 11.9 Å². The smallest absolute Gasteiger partial charge is 0.306 e. The van der Waals surface area contributed by atoms with Crippen LogP contribution in [0.4, 0.5) is 0 Å². The van der Waals surface area contributed by atoms with Crippen molar-refractivity contribution in [3.8, 4) is 0 Å². The molecular formula is C60H112NO8P. The van der Waals surface area contributed by atoms with Crippen molar-refractivity contribution in [2.45, 2.75) is 277 Å². The van der Waals surface area contributed by atoms with Crippen molar-refractivity contribution in [3.63, 3.8) is 0 Å². The number of quaternary nitrogens is 1. The zero-order valence-corrected chi connectivity index (χ0v) is 47.4. The molecule has 0 fully saturated rings. The molecule has 2 atom stereocenters. The minimum atomic E-state index is -4.65. The highest BCUT2D eigenvalue weighted by molar-refractivity contribution is 7.45. The van der Waals surface area contributed by atoms with E-state index >= 15 is 0 Å². The second-order valence-electron chi connectivity index (χ2n) is 21.0. The number of hydrogen-bond donors (Lipinski definition) is 0. The van der Waals surface area contributed by atoms with E-state index in [1.807, 2.05) is 33.3 Å². The molecule has 0 aliphatic rings. The standard InChI is InChI=1S/C60H112NO8P/c1-6-8-10-12-14-16-18-20-21-22-23-24-25-26-27-28-29-30-31-32-33-34-35-36-37-38-39-41-42-44-46-48-50-52-59(62)66-56-58(57-68-70(64,65)67-55-54-61(3,4)5)69-60(63)53-51-49-47-45-43-40-19-17-15-13-11-9-7-2/h9,11,15,17,40,43,47,49,58H,6-8,10,12-14,16,18-39,41-42,44-46,48,50-57H2,1-5H3/b11-9-,17-15-,43-40-,49-47-. The van der Waals surface area contributed by atoms with Crippen molar-refractivity contribution >= 4 is 19.8 Å². The van der Waals surface area contributed by atoms with E-state index in [1.54, 1.807) is 0 Å². The van der Waals surface area contributed by atoms with Gasteiger partial charge in [0.25, 0.3) is 7.82 Å². The van der Waals surface area contributed by atoms with Crippen LogP contribution in [-0.2, 0) is 32.7 Å². The summed E-state index contributed by atoms with van der Waals surface area (Å²) in [6.07, 6.45) is 65.1. The Bertz CT molecular complexity index is 1320. The summed E-state index contributed by atoms with van der Waals surface area (Å²) < 4.78 is 33.9. The van der Waals surface area contributed by atoms with Crippen molar-refractivity contribution in [1.29, 1.82) is 0 Å². The highest BCUT2D eigenvalue weighted by Gasteiger charge is 2.21. The number of carbonyl (C=O) groups is 2. The quantitative estimate of drug-likeness (QED) is 0.0195. The van der Waals surface area contributed by atoms with Gasteiger partial charge in [-0.25, -0.2) is 0 Å². The summed E-state index contributed by atoms with van der Waals surface area (Å²) in [4.78, 5) is 37.7. The molecule has 0 aromatic rings. The largest absolute Gasteiger partial charge is 0.756 e. The normalized spacial score (nSPS) is 13.6. The molecule has 410 valence electrons. The van der Waals surface area contributed by atoms with Crippen LogP contribution in [0.5, 0.6) is 0 Å². The first-order valence-corrected chi connectivity index (χ1v) is 30.8. The van der Waals surface area contributed by atoms with Gasteiger partial charge in [0.2, 0.25) is 0 Å². The Morgan fingerprint density at radius 1 is 0.457 bits per heavy atom. The van der Waals surface area contributed by atoms with Crippen molar-refractivity contribution in [2.24, 2.45) is 0 Å². The van der Waals surface area contributed by atoms with Gasteiger partial charge in [-0.05, 0) is 38.5 Å². The molecule has 0 aromatic carbocycles. The lowest BCUT2D eigenvalue weighted by Gasteiger charge is -2.28. The predicted octanol–water partition coefficient (Wildman–Crippen LogP) is 17.5. The van der Waals surface area contributed by atoms with Crippen LogP contribution in [0.1, 0.15) is 271 Å². The SMILES string of the molecule is CC/C=C\C/C=C\C/C=C\C/C=C\CCC(=O)OC(COC(=O)CCCCCCCCCCCCCCCCCCCCCCCCCCCCCCCCCCC)COP(=O)([O-])OCC[N+](C)(C)C. The van der Waals surface area contributed by atoms with Crippen LogP contribution in [0.15, 0.2) is 48.6 Å².